The zero-order valence-corrected chi connectivity index (χ0v) is 9.09. The molecule has 0 saturated carbocycles. The highest BCUT2D eigenvalue weighted by Gasteiger charge is 2.24. The van der Waals surface area contributed by atoms with E-state index in [2.05, 4.69) is 0 Å². The van der Waals surface area contributed by atoms with Gasteiger partial charge in [0, 0.05) is 19.5 Å². The Morgan fingerprint density at radius 3 is 2.81 bits per heavy atom. The largest absolute Gasteiger partial charge is 0.459 e. The van der Waals surface area contributed by atoms with Crippen LogP contribution in [0.3, 0.4) is 0 Å². The first kappa shape index (κ1) is 10.9. The molecule has 1 aliphatic heterocycles. The average Bonchev–Trinajstić information content (AvgIpc) is 2.83. The van der Waals surface area contributed by atoms with E-state index in [-0.39, 0.29) is 5.91 Å². The summed E-state index contributed by atoms with van der Waals surface area (Å²) in [4.78, 5) is 24.1. The van der Waals surface area contributed by atoms with E-state index < -0.39 is 0 Å². The number of hydrogen-bond acceptors (Lipinski definition) is 3. The van der Waals surface area contributed by atoms with E-state index in [1.807, 2.05) is 0 Å². The first-order valence-corrected chi connectivity index (χ1v) is 5.57. The lowest BCUT2D eigenvalue weighted by atomic mass is 9.94. The van der Waals surface area contributed by atoms with Crippen molar-refractivity contribution in [3.05, 3.63) is 24.2 Å². The second-order valence-electron chi connectivity index (χ2n) is 4.12. The summed E-state index contributed by atoms with van der Waals surface area (Å²) in [5.41, 5.74) is 0. The minimum atomic E-state index is -0.0467. The third kappa shape index (κ3) is 2.32. The number of aldehydes is 1. The van der Waals surface area contributed by atoms with Gasteiger partial charge in [0.2, 0.25) is 0 Å². The fraction of sp³-hybridized carbons (Fsp3) is 0.500. The fourth-order valence-corrected chi connectivity index (χ4v) is 2.06. The van der Waals surface area contributed by atoms with Gasteiger partial charge in [0.15, 0.2) is 5.76 Å². The number of carbonyl (C=O) groups excluding carboxylic acids is 2. The van der Waals surface area contributed by atoms with Crippen LogP contribution >= 0.6 is 0 Å². The summed E-state index contributed by atoms with van der Waals surface area (Å²) in [6.45, 7) is 1.44. The van der Waals surface area contributed by atoms with Gasteiger partial charge in [-0.05, 0) is 30.9 Å². The van der Waals surface area contributed by atoms with Gasteiger partial charge in [-0.3, -0.25) is 4.79 Å². The molecule has 1 amide bonds. The molecule has 1 fully saturated rings. The van der Waals surface area contributed by atoms with E-state index >= 15 is 0 Å². The summed E-state index contributed by atoms with van der Waals surface area (Å²) in [5, 5.41) is 0. The highest BCUT2D eigenvalue weighted by atomic mass is 16.3. The highest BCUT2D eigenvalue weighted by Crippen LogP contribution is 2.20. The van der Waals surface area contributed by atoms with Crippen LogP contribution < -0.4 is 0 Å². The number of likely N-dealkylation sites (tertiary alicyclic amines) is 1. The Hall–Kier alpha value is -1.58. The third-order valence-corrected chi connectivity index (χ3v) is 3.06. The molecular weight excluding hydrogens is 206 g/mol. The molecule has 0 unspecified atom stereocenters. The summed E-state index contributed by atoms with van der Waals surface area (Å²) < 4.78 is 5.08. The Balaban J connectivity index is 1.89. The second-order valence-corrected chi connectivity index (χ2v) is 4.12. The molecule has 0 bridgehead atoms. The normalized spacial score (nSPS) is 17.4. The van der Waals surface area contributed by atoms with Gasteiger partial charge in [-0.25, -0.2) is 0 Å². The lowest BCUT2D eigenvalue weighted by Crippen LogP contribution is -2.38. The van der Waals surface area contributed by atoms with E-state index in [0.29, 0.717) is 18.1 Å². The molecule has 1 saturated heterocycles. The van der Waals surface area contributed by atoms with Crippen LogP contribution in [0.2, 0.25) is 0 Å². The van der Waals surface area contributed by atoms with Gasteiger partial charge in [-0.15, -0.1) is 0 Å². The minimum Gasteiger partial charge on any atom is -0.459 e. The standard InChI is InChI=1S/C12H15NO3/c14-8-5-10-3-6-13(7-4-10)12(15)11-2-1-9-16-11/h1-2,8-10H,3-7H2. The molecule has 0 radical (unpaired) electrons. The van der Waals surface area contributed by atoms with Crippen molar-refractivity contribution in [2.75, 3.05) is 13.1 Å². The van der Waals surface area contributed by atoms with Gasteiger partial charge in [-0.1, -0.05) is 0 Å². The predicted molar refractivity (Wildman–Crippen MR) is 58.0 cm³/mol. The van der Waals surface area contributed by atoms with Crippen LogP contribution in [-0.4, -0.2) is 30.2 Å². The number of carbonyl (C=O) groups is 2. The van der Waals surface area contributed by atoms with Crippen molar-refractivity contribution in [1.82, 2.24) is 4.90 Å². The van der Waals surface area contributed by atoms with E-state index in [0.717, 1.165) is 32.2 Å². The Labute approximate surface area is 94.2 Å². The van der Waals surface area contributed by atoms with Crippen molar-refractivity contribution in [3.8, 4) is 0 Å². The maximum Gasteiger partial charge on any atom is 0.289 e. The molecule has 16 heavy (non-hydrogen) atoms. The van der Waals surface area contributed by atoms with Crippen molar-refractivity contribution < 1.29 is 14.0 Å². The number of nitrogens with zero attached hydrogens (tertiary/aromatic N) is 1. The fourth-order valence-electron chi connectivity index (χ4n) is 2.06. The lowest BCUT2D eigenvalue weighted by molar-refractivity contribution is -0.108. The zero-order chi connectivity index (χ0) is 11.4. The molecule has 4 heteroatoms. The van der Waals surface area contributed by atoms with Crippen LogP contribution in [0, 0.1) is 5.92 Å². The average molecular weight is 221 g/mol. The molecule has 0 aromatic carbocycles. The Bertz CT molecular complexity index is 350. The van der Waals surface area contributed by atoms with Crippen LogP contribution in [-0.2, 0) is 4.79 Å². The monoisotopic (exact) mass is 221 g/mol. The molecule has 86 valence electrons. The maximum atomic E-state index is 11.9. The molecule has 1 aromatic rings. The van der Waals surface area contributed by atoms with E-state index in [1.165, 1.54) is 6.26 Å². The van der Waals surface area contributed by atoms with Crippen molar-refractivity contribution >= 4 is 12.2 Å². The molecular formula is C12H15NO3. The van der Waals surface area contributed by atoms with Crippen molar-refractivity contribution in [2.45, 2.75) is 19.3 Å². The molecule has 2 heterocycles. The van der Waals surface area contributed by atoms with Crippen LogP contribution in [0.4, 0.5) is 0 Å². The molecule has 0 atom stereocenters. The maximum absolute atomic E-state index is 11.9. The van der Waals surface area contributed by atoms with Crippen molar-refractivity contribution in [3.63, 3.8) is 0 Å². The van der Waals surface area contributed by atoms with Gasteiger partial charge in [0.05, 0.1) is 6.26 Å². The minimum absolute atomic E-state index is 0.0467. The molecule has 0 spiro atoms. The summed E-state index contributed by atoms with van der Waals surface area (Å²) in [7, 11) is 0. The highest BCUT2D eigenvalue weighted by molar-refractivity contribution is 5.91. The topological polar surface area (TPSA) is 50.5 Å². The molecule has 2 rings (SSSR count). The predicted octanol–water partition coefficient (Wildman–Crippen LogP) is 1.72. The van der Waals surface area contributed by atoms with E-state index in [1.54, 1.807) is 17.0 Å². The SMILES string of the molecule is O=CCC1CCN(C(=O)c2ccco2)CC1. The quantitative estimate of drug-likeness (QED) is 0.730. The summed E-state index contributed by atoms with van der Waals surface area (Å²) >= 11 is 0. The Kier molecular flexibility index (Phi) is 3.39. The van der Waals surface area contributed by atoms with Gasteiger partial charge >= 0.3 is 0 Å². The van der Waals surface area contributed by atoms with E-state index in [4.69, 9.17) is 4.42 Å². The summed E-state index contributed by atoms with van der Waals surface area (Å²) in [5.74, 6) is 0.793. The Morgan fingerprint density at radius 1 is 1.50 bits per heavy atom. The van der Waals surface area contributed by atoms with Crippen molar-refractivity contribution in [2.24, 2.45) is 5.92 Å². The zero-order valence-electron chi connectivity index (χ0n) is 9.09. The van der Waals surface area contributed by atoms with Crippen LogP contribution in [0.15, 0.2) is 22.8 Å². The van der Waals surface area contributed by atoms with E-state index in [9.17, 15) is 9.59 Å². The second kappa shape index (κ2) is 4.96. The van der Waals surface area contributed by atoms with Gasteiger partial charge in [0.25, 0.3) is 5.91 Å². The number of hydrogen-bond donors (Lipinski definition) is 0. The third-order valence-electron chi connectivity index (χ3n) is 3.06. The van der Waals surface area contributed by atoms with Crippen LogP contribution in [0.1, 0.15) is 29.8 Å². The first-order chi connectivity index (χ1) is 7.81. The molecule has 1 aliphatic rings. The summed E-state index contributed by atoms with van der Waals surface area (Å²) in [6.07, 6.45) is 4.90. The number of rotatable bonds is 3. The van der Waals surface area contributed by atoms with Crippen LogP contribution in [0.25, 0.3) is 0 Å². The van der Waals surface area contributed by atoms with Gasteiger partial charge < -0.3 is 14.1 Å². The molecule has 4 nitrogen and oxygen atoms in total. The van der Waals surface area contributed by atoms with Crippen molar-refractivity contribution in [1.29, 1.82) is 0 Å². The van der Waals surface area contributed by atoms with Gasteiger partial charge in [-0.2, -0.15) is 0 Å². The smallest absolute Gasteiger partial charge is 0.289 e. The first-order valence-electron chi connectivity index (χ1n) is 5.57. The Morgan fingerprint density at radius 2 is 2.25 bits per heavy atom. The van der Waals surface area contributed by atoms with Crippen LogP contribution in [0.5, 0.6) is 0 Å². The lowest BCUT2D eigenvalue weighted by Gasteiger charge is -2.30. The number of piperidine rings is 1. The van der Waals surface area contributed by atoms with Gasteiger partial charge in [0.1, 0.15) is 6.29 Å². The number of amides is 1. The number of furan rings is 1. The molecule has 1 aromatic heterocycles. The summed E-state index contributed by atoms with van der Waals surface area (Å²) in [6, 6.07) is 3.40. The molecule has 0 N–H and O–H groups in total. The molecule has 0 aliphatic carbocycles.